The summed E-state index contributed by atoms with van der Waals surface area (Å²) >= 11 is 0. The molecule has 0 saturated carbocycles. The highest BCUT2D eigenvalue weighted by Gasteiger charge is 2.30. The fourth-order valence-electron chi connectivity index (χ4n) is 4.49. The quantitative estimate of drug-likeness (QED) is 0.323. The summed E-state index contributed by atoms with van der Waals surface area (Å²) in [6, 6.07) is 30.6. The van der Waals surface area contributed by atoms with Gasteiger partial charge in [-0.05, 0) is 36.8 Å². The average molecular weight is 494 g/mol. The predicted octanol–water partition coefficient (Wildman–Crippen LogP) is 5.71. The molecule has 0 aliphatic rings. The van der Waals surface area contributed by atoms with Crippen molar-refractivity contribution in [3.63, 3.8) is 0 Å². The molecule has 0 bridgehead atoms. The largest absolute Gasteiger partial charge is 0.337 e. The van der Waals surface area contributed by atoms with E-state index in [1.165, 1.54) is 0 Å². The van der Waals surface area contributed by atoms with E-state index < -0.39 is 0 Å². The minimum atomic E-state index is -0.334. The van der Waals surface area contributed by atoms with Crippen LogP contribution in [0, 0.1) is 0 Å². The smallest absolute Gasteiger partial charge is 0.234 e. The van der Waals surface area contributed by atoms with Gasteiger partial charge < -0.3 is 14.7 Å². The highest BCUT2D eigenvalue weighted by atomic mass is 35.5. The van der Waals surface area contributed by atoms with Gasteiger partial charge in [0.2, 0.25) is 5.91 Å². The van der Waals surface area contributed by atoms with Crippen LogP contribution in [0.1, 0.15) is 42.5 Å². The Balaban J connectivity index is 0.00000432. The van der Waals surface area contributed by atoms with Crippen molar-refractivity contribution in [2.24, 2.45) is 0 Å². The van der Waals surface area contributed by atoms with E-state index in [-0.39, 0.29) is 30.3 Å². The van der Waals surface area contributed by atoms with E-state index in [9.17, 15) is 4.79 Å². The van der Waals surface area contributed by atoms with Crippen molar-refractivity contribution in [3.05, 3.63) is 108 Å². The summed E-state index contributed by atoms with van der Waals surface area (Å²) in [7, 11) is 4.11. The zero-order valence-electron chi connectivity index (χ0n) is 21.5. The number of benzene rings is 3. The van der Waals surface area contributed by atoms with Crippen molar-refractivity contribution in [2.75, 3.05) is 46.8 Å². The molecular formula is C30H40ClN3O. The molecule has 3 rings (SSSR count). The lowest BCUT2D eigenvalue weighted by Crippen LogP contribution is -2.42. The molecule has 3 aromatic rings. The Morgan fingerprint density at radius 2 is 1.11 bits per heavy atom. The summed E-state index contributed by atoms with van der Waals surface area (Å²) in [6.45, 7) is 9.30. The summed E-state index contributed by atoms with van der Waals surface area (Å²) in [4.78, 5) is 20.8. The molecule has 4 nitrogen and oxygen atoms in total. The maximum absolute atomic E-state index is 14.1. The summed E-state index contributed by atoms with van der Waals surface area (Å²) in [5.41, 5.74) is 3.20. The van der Waals surface area contributed by atoms with Crippen LogP contribution >= 0.6 is 12.4 Å². The lowest BCUT2D eigenvalue weighted by Gasteiger charge is -2.35. The molecule has 0 saturated heterocycles. The molecule has 0 radical (unpaired) electrons. The van der Waals surface area contributed by atoms with Crippen LogP contribution < -0.4 is 0 Å². The normalized spacial score (nSPS) is 12.0. The average Bonchev–Trinajstić information content (AvgIpc) is 2.89. The standard InChI is InChI=1S/C30H39N3O.ClH/c1-5-33(6-2)23-22-31(3)24-28(25-16-10-7-11-17-25)32(4)30(34)29(26-18-12-8-13-19-26)27-20-14-9-15-21-27;/h7-21,28-29H,5-6,22-24H2,1-4H3;1H. The number of amides is 1. The van der Waals surface area contributed by atoms with E-state index in [4.69, 9.17) is 0 Å². The Morgan fingerprint density at radius 3 is 1.54 bits per heavy atom. The van der Waals surface area contributed by atoms with Gasteiger partial charge >= 0.3 is 0 Å². The molecule has 3 aromatic carbocycles. The van der Waals surface area contributed by atoms with Crippen LogP contribution in [-0.4, -0.2) is 67.4 Å². The van der Waals surface area contributed by atoms with Crippen LogP contribution in [0.5, 0.6) is 0 Å². The molecule has 0 heterocycles. The molecule has 0 aliphatic heterocycles. The van der Waals surface area contributed by atoms with Crippen molar-refractivity contribution in [1.29, 1.82) is 0 Å². The first-order chi connectivity index (χ1) is 16.5. The van der Waals surface area contributed by atoms with Gasteiger partial charge in [-0.15, -0.1) is 12.4 Å². The lowest BCUT2D eigenvalue weighted by atomic mass is 9.89. The number of carbonyl (C=O) groups is 1. The van der Waals surface area contributed by atoms with E-state index in [1.807, 2.05) is 54.4 Å². The van der Waals surface area contributed by atoms with Crippen molar-refractivity contribution < 1.29 is 4.79 Å². The van der Waals surface area contributed by atoms with Gasteiger partial charge in [0.25, 0.3) is 0 Å². The maximum Gasteiger partial charge on any atom is 0.234 e. The molecule has 0 aromatic heterocycles. The molecular weight excluding hydrogens is 454 g/mol. The number of nitrogens with zero attached hydrogens (tertiary/aromatic N) is 3. The Kier molecular flexibility index (Phi) is 12.0. The van der Waals surface area contributed by atoms with Crippen LogP contribution in [0.25, 0.3) is 0 Å². The number of carbonyl (C=O) groups excluding carboxylic acids is 1. The molecule has 1 atom stereocenters. The van der Waals surface area contributed by atoms with Gasteiger partial charge in [-0.1, -0.05) is 105 Å². The van der Waals surface area contributed by atoms with Crippen LogP contribution in [0.4, 0.5) is 0 Å². The van der Waals surface area contributed by atoms with Crippen LogP contribution in [0.2, 0.25) is 0 Å². The van der Waals surface area contributed by atoms with Crippen molar-refractivity contribution in [1.82, 2.24) is 14.7 Å². The first kappa shape index (κ1) is 28.6. The third-order valence-electron chi connectivity index (χ3n) is 6.69. The fraction of sp³-hybridized carbons (Fsp3) is 0.367. The van der Waals surface area contributed by atoms with E-state index in [0.29, 0.717) is 0 Å². The van der Waals surface area contributed by atoms with Gasteiger partial charge in [-0.25, -0.2) is 0 Å². The minimum absolute atomic E-state index is 0. The molecule has 0 aliphatic carbocycles. The first-order valence-corrected chi connectivity index (χ1v) is 12.4. The number of likely N-dealkylation sites (N-methyl/N-ethyl adjacent to an activating group) is 3. The molecule has 0 fully saturated rings. The third kappa shape index (κ3) is 7.93. The lowest BCUT2D eigenvalue weighted by molar-refractivity contribution is -0.133. The van der Waals surface area contributed by atoms with Gasteiger partial charge in [0.05, 0.1) is 12.0 Å². The molecule has 5 heteroatoms. The van der Waals surface area contributed by atoms with Crippen LogP contribution in [-0.2, 0) is 4.79 Å². The van der Waals surface area contributed by atoms with E-state index >= 15 is 0 Å². The van der Waals surface area contributed by atoms with E-state index in [0.717, 1.165) is 49.4 Å². The number of hydrogen-bond acceptors (Lipinski definition) is 3. The Hall–Kier alpha value is -2.66. The first-order valence-electron chi connectivity index (χ1n) is 12.4. The summed E-state index contributed by atoms with van der Waals surface area (Å²) in [6.07, 6.45) is 0. The number of hydrogen-bond donors (Lipinski definition) is 0. The monoisotopic (exact) mass is 493 g/mol. The third-order valence-corrected chi connectivity index (χ3v) is 6.69. The SMILES string of the molecule is CCN(CC)CCN(C)CC(c1ccccc1)N(C)C(=O)C(c1ccccc1)c1ccccc1.Cl. The Bertz CT molecular complexity index is 941. The van der Waals surface area contributed by atoms with Crippen molar-refractivity contribution in [2.45, 2.75) is 25.8 Å². The zero-order valence-corrected chi connectivity index (χ0v) is 22.3. The Morgan fingerprint density at radius 1 is 0.686 bits per heavy atom. The highest BCUT2D eigenvalue weighted by Crippen LogP contribution is 2.30. The van der Waals surface area contributed by atoms with Gasteiger partial charge in [0.15, 0.2) is 0 Å². The predicted molar refractivity (Wildman–Crippen MR) is 149 cm³/mol. The minimum Gasteiger partial charge on any atom is -0.337 e. The topological polar surface area (TPSA) is 26.8 Å². The second-order valence-electron chi connectivity index (χ2n) is 8.92. The van der Waals surface area contributed by atoms with Crippen LogP contribution in [0.15, 0.2) is 91.0 Å². The van der Waals surface area contributed by atoms with Crippen molar-refractivity contribution >= 4 is 18.3 Å². The molecule has 35 heavy (non-hydrogen) atoms. The molecule has 1 amide bonds. The maximum atomic E-state index is 14.1. The van der Waals surface area contributed by atoms with Gasteiger partial charge in [-0.3, -0.25) is 4.79 Å². The number of halogens is 1. The van der Waals surface area contributed by atoms with Crippen molar-refractivity contribution in [3.8, 4) is 0 Å². The molecule has 1 unspecified atom stereocenters. The molecule has 0 spiro atoms. The van der Waals surface area contributed by atoms with Crippen LogP contribution in [0.3, 0.4) is 0 Å². The van der Waals surface area contributed by atoms with Gasteiger partial charge in [-0.2, -0.15) is 0 Å². The summed E-state index contributed by atoms with van der Waals surface area (Å²) in [5.74, 6) is -0.219. The Labute approximate surface area is 218 Å². The van der Waals surface area contributed by atoms with Gasteiger partial charge in [0.1, 0.15) is 0 Å². The fourth-order valence-corrected chi connectivity index (χ4v) is 4.49. The summed E-state index contributed by atoms with van der Waals surface area (Å²) in [5, 5.41) is 0. The van der Waals surface area contributed by atoms with E-state index in [2.05, 4.69) is 79.2 Å². The zero-order chi connectivity index (χ0) is 24.3. The summed E-state index contributed by atoms with van der Waals surface area (Å²) < 4.78 is 0. The molecule has 188 valence electrons. The van der Waals surface area contributed by atoms with E-state index in [1.54, 1.807) is 0 Å². The highest BCUT2D eigenvalue weighted by molar-refractivity contribution is 5.87. The number of rotatable bonds is 12. The molecule has 0 N–H and O–H groups in total. The second-order valence-corrected chi connectivity index (χ2v) is 8.92. The van der Waals surface area contributed by atoms with Gasteiger partial charge in [0, 0.05) is 26.7 Å². The second kappa shape index (κ2) is 14.7.